The third kappa shape index (κ3) is 14.9. The summed E-state index contributed by atoms with van der Waals surface area (Å²) in [5.74, 6) is -1.60. The molecule has 0 spiro atoms. The van der Waals surface area contributed by atoms with Gasteiger partial charge in [-0.25, -0.2) is 9.59 Å². The molecule has 272 valence electrons. The first-order valence-electron chi connectivity index (χ1n) is 16.9. The molecule has 0 bridgehead atoms. The first-order valence-corrected chi connectivity index (χ1v) is 16.9. The zero-order chi connectivity index (χ0) is 37.1. The summed E-state index contributed by atoms with van der Waals surface area (Å²) in [6.07, 6.45) is 2.80. The highest BCUT2D eigenvalue weighted by Gasteiger charge is 2.30. The number of amides is 3. The number of nitrogens with one attached hydrogen (secondary N) is 3. The van der Waals surface area contributed by atoms with E-state index in [-0.39, 0.29) is 39.1 Å². The van der Waals surface area contributed by atoms with Crippen molar-refractivity contribution >= 4 is 23.9 Å². The van der Waals surface area contributed by atoms with Crippen LogP contribution in [-0.4, -0.2) is 59.8 Å². The number of carbonyl (C=O) groups is 4. The summed E-state index contributed by atoms with van der Waals surface area (Å²) in [4.78, 5) is 51.5. The Kier molecular flexibility index (Phi) is 16.4. The van der Waals surface area contributed by atoms with Gasteiger partial charge in [-0.3, -0.25) is 9.59 Å². The Balaban J connectivity index is 1.47. The van der Waals surface area contributed by atoms with Crippen LogP contribution in [0.3, 0.4) is 0 Å². The quantitative estimate of drug-likeness (QED) is 0.0878. The Morgan fingerprint density at radius 3 is 1.98 bits per heavy atom. The largest absolute Gasteiger partial charge is 0.489 e. The molecule has 3 aromatic carbocycles. The van der Waals surface area contributed by atoms with E-state index in [1.54, 1.807) is 19.9 Å². The zero-order valence-electron chi connectivity index (χ0n) is 29.3. The molecule has 3 aromatic rings. The van der Waals surface area contributed by atoms with Crippen molar-refractivity contribution in [3.8, 4) is 5.75 Å². The summed E-state index contributed by atoms with van der Waals surface area (Å²) >= 11 is 0. The van der Waals surface area contributed by atoms with Crippen LogP contribution in [0.25, 0.3) is 0 Å². The molecule has 0 heterocycles. The fraction of sp³-hybridized carbons (Fsp3) is 0.350. The van der Waals surface area contributed by atoms with Crippen molar-refractivity contribution in [1.29, 1.82) is 0 Å². The van der Waals surface area contributed by atoms with Gasteiger partial charge in [-0.05, 0) is 61.9 Å². The molecule has 0 saturated heterocycles. The number of esters is 1. The van der Waals surface area contributed by atoms with Crippen molar-refractivity contribution in [3.63, 3.8) is 0 Å². The van der Waals surface area contributed by atoms with E-state index in [9.17, 15) is 24.3 Å². The molecule has 0 unspecified atom stereocenters. The Morgan fingerprint density at radius 2 is 1.39 bits per heavy atom. The van der Waals surface area contributed by atoms with E-state index in [0.29, 0.717) is 18.8 Å². The van der Waals surface area contributed by atoms with Gasteiger partial charge >= 0.3 is 12.1 Å². The van der Waals surface area contributed by atoms with E-state index in [1.807, 2.05) is 84.9 Å². The molecular weight excluding hydrogens is 650 g/mol. The van der Waals surface area contributed by atoms with Crippen molar-refractivity contribution < 1.29 is 38.5 Å². The molecule has 0 aliphatic rings. The lowest BCUT2D eigenvalue weighted by Crippen LogP contribution is -2.51. The highest BCUT2D eigenvalue weighted by Crippen LogP contribution is 2.17. The number of aliphatic hydroxyl groups is 1. The van der Waals surface area contributed by atoms with Gasteiger partial charge in [-0.1, -0.05) is 84.9 Å². The van der Waals surface area contributed by atoms with Crippen LogP contribution in [-0.2, 0) is 43.5 Å². The monoisotopic (exact) mass is 699 g/mol. The standard InChI is InChI=1S/C40H49N3O8/c1-5-13-32(24-36(45)41-33(25-44)23-29-19-21-34(22-20-29)49-26-30-15-9-7-10-16-30)37(46)43-40(3,4)28-51-38(47)35(14-6-2)42-39(48)50-27-31-17-11-8-12-18-31/h5-12,15-22,32-33,35,44H,1-2,13-14,23-28H2,3-4H3,(H,41,45)(H,42,48)(H,43,46)/t32-,33-,35+/m0/s1. The first-order chi connectivity index (χ1) is 24.5. The van der Waals surface area contributed by atoms with Crippen LogP contribution in [0.15, 0.2) is 110 Å². The number of ether oxygens (including phenoxy) is 3. The van der Waals surface area contributed by atoms with Gasteiger partial charge in [0, 0.05) is 6.42 Å². The van der Waals surface area contributed by atoms with Crippen molar-refractivity contribution in [3.05, 3.63) is 127 Å². The Hall–Kier alpha value is -5.42. The van der Waals surface area contributed by atoms with Gasteiger partial charge in [0.05, 0.1) is 24.1 Å². The van der Waals surface area contributed by atoms with Gasteiger partial charge < -0.3 is 35.3 Å². The predicted molar refractivity (Wildman–Crippen MR) is 194 cm³/mol. The lowest BCUT2D eigenvalue weighted by Gasteiger charge is -2.29. The number of carbonyl (C=O) groups excluding carboxylic acids is 4. The molecule has 0 aliphatic heterocycles. The molecule has 4 N–H and O–H groups in total. The summed E-state index contributed by atoms with van der Waals surface area (Å²) in [5.41, 5.74) is 1.73. The predicted octanol–water partition coefficient (Wildman–Crippen LogP) is 5.18. The Bertz CT molecular complexity index is 1560. The number of hydrogen-bond donors (Lipinski definition) is 4. The molecular formula is C40H49N3O8. The second-order valence-corrected chi connectivity index (χ2v) is 12.8. The maximum atomic E-state index is 13.3. The number of alkyl carbamates (subject to hydrolysis) is 1. The molecule has 0 aromatic heterocycles. The molecule has 11 heteroatoms. The van der Waals surface area contributed by atoms with Gasteiger partial charge in [0.2, 0.25) is 11.8 Å². The number of aliphatic hydroxyl groups excluding tert-OH is 1. The topological polar surface area (TPSA) is 152 Å². The fourth-order valence-corrected chi connectivity index (χ4v) is 5.01. The minimum atomic E-state index is -1.04. The molecule has 0 fully saturated rings. The highest BCUT2D eigenvalue weighted by atomic mass is 16.6. The van der Waals surface area contributed by atoms with Gasteiger partial charge in [-0.15, -0.1) is 13.2 Å². The summed E-state index contributed by atoms with van der Waals surface area (Å²) in [7, 11) is 0. The normalized spacial score (nSPS) is 12.7. The molecule has 3 rings (SSSR count). The Labute approximate surface area is 300 Å². The van der Waals surface area contributed by atoms with E-state index in [2.05, 4.69) is 29.1 Å². The second-order valence-electron chi connectivity index (χ2n) is 12.8. The van der Waals surface area contributed by atoms with Crippen molar-refractivity contribution in [2.24, 2.45) is 5.92 Å². The summed E-state index contributed by atoms with van der Waals surface area (Å²) in [5, 5.41) is 18.2. The average Bonchev–Trinajstić information content (AvgIpc) is 3.12. The third-order valence-corrected chi connectivity index (χ3v) is 7.72. The third-order valence-electron chi connectivity index (χ3n) is 7.72. The van der Waals surface area contributed by atoms with Gasteiger partial charge in [0.25, 0.3) is 0 Å². The zero-order valence-corrected chi connectivity index (χ0v) is 29.3. The Morgan fingerprint density at radius 1 is 0.784 bits per heavy atom. The molecule has 3 atom stereocenters. The summed E-state index contributed by atoms with van der Waals surface area (Å²) in [6, 6.07) is 24.8. The maximum Gasteiger partial charge on any atom is 0.408 e. The minimum Gasteiger partial charge on any atom is -0.489 e. The average molecular weight is 700 g/mol. The van der Waals surface area contributed by atoms with Gasteiger partial charge in [-0.2, -0.15) is 0 Å². The molecule has 51 heavy (non-hydrogen) atoms. The van der Waals surface area contributed by atoms with E-state index in [1.165, 1.54) is 6.08 Å². The van der Waals surface area contributed by atoms with Crippen LogP contribution in [0.1, 0.15) is 49.8 Å². The van der Waals surface area contributed by atoms with Crippen LogP contribution in [0.4, 0.5) is 4.79 Å². The van der Waals surface area contributed by atoms with Crippen LogP contribution < -0.4 is 20.7 Å². The maximum absolute atomic E-state index is 13.3. The number of rotatable bonds is 21. The van der Waals surface area contributed by atoms with E-state index < -0.39 is 47.4 Å². The minimum absolute atomic E-state index is 0.0334. The molecule has 0 aliphatic carbocycles. The van der Waals surface area contributed by atoms with Crippen molar-refractivity contribution in [1.82, 2.24) is 16.0 Å². The first kappa shape index (κ1) is 40.0. The lowest BCUT2D eigenvalue weighted by molar-refractivity contribution is -0.149. The van der Waals surface area contributed by atoms with Crippen LogP contribution in [0, 0.1) is 5.92 Å². The summed E-state index contributed by atoms with van der Waals surface area (Å²) in [6.45, 7) is 10.7. The molecule has 0 radical (unpaired) electrons. The SMILES string of the molecule is C=CC[C@@H](CC(=O)N[C@H](CO)Cc1ccc(OCc2ccccc2)cc1)C(=O)NC(C)(C)COC(=O)[C@@H](CC=C)NC(=O)OCc1ccccc1. The number of benzene rings is 3. The molecule has 11 nitrogen and oxygen atoms in total. The van der Waals surface area contributed by atoms with E-state index >= 15 is 0 Å². The van der Waals surface area contributed by atoms with Gasteiger partial charge in [0.1, 0.15) is 31.6 Å². The van der Waals surface area contributed by atoms with Crippen molar-refractivity contribution in [2.75, 3.05) is 13.2 Å². The van der Waals surface area contributed by atoms with E-state index in [4.69, 9.17) is 14.2 Å². The highest BCUT2D eigenvalue weighted by molar-refractivity contribution is 5.86. The molecule has 3 amide bonds. The smallest absolute Gasteiger partial charge is 0.408 e. The van der Waals surface area contributed by atoms with Gasteiger partial charge in [0.15, 0.2) is 0 Å². The molecule has 0 saturated carbocycles. The van der Waals surface area contributed by atoms with Crippen molar-refractivity contribution in [2.45, 2.75) is 70.4 Å². The van der Waals surface area contributed by atoms with Crippen LogP contribution in [0.5, 0.6) is 5.75 Å². The second kappa shape index (κ2) is 20.9. The number of hydrogen-bond acceptors (Lipinski definition) is 8. The lowest BCUT2D eigenvalue weighted by atomic mass is 9.97. The van der Waals surface area contributed by atoms with Crippen LogP contribution >= 0.6 is 0 Å². The van der Waals surface area contributed by atoms with Crippen LogP contribution in [0.2, 0.25) is 0 Å². The fourth-order valence-electron chi connectivity index (χ4n) is 5.01. The van der Waals surface area contributed by atoms with E-state index in [0.717, 1.165) is 16.7 Å². The number of allylic oxidation sites excluding steroid dienone is 1. The summed E-state index contributed by atoms with van der Waals surface area (Å²) < 4.78 is 16.5.